The van der Waals surface area contributed by atoms with Crippen LogP contribution in [0.25, 0.3) is 17.1 Å². The minimum atomic E-state index is -0.514. The third-order valence-corrected chi connectivity index (χ3v) is 5.73. The second-order valence-corrected chi connectivity index (χ2v) is 8.17. The van der Waals surface area contributed by atoms with E-state index in [4.69, 9.17) is 32.4 Å². The monoisotopic (exact) mass is 475 g/mol. The lowest BCUT2D eigenvalue weighted by Gasteiger charge is -2.14. The van der Waals surface area contributed by atoms with E-state index < -0.39 is 11.2 Å². The van der Waals surface area contributed by atoms with Crippen molar-refractivity contribution >= 4 is 35.0 Å². The lowest BCUT2D eigenvalue weighted by atomic mass is 10.2. The summed E-state index contributed by atoms with van der Waals surface area (Å²) >= 11 is 13.7. The van der Waals surface area contributed by atoms with E-state index in [0.717, 1.165) is 11.8 Å². The highest BCUT2D eigenvalue weighted by molar-refractivity contribution is 7.98. The molecule has 31 heavy (non-hydrogen) atoms. The van der Waals surface area contributed by atoms with Gasteiger partial charge in [-0.05, 0) is 30.3 Å². The Morgan fingerprint density at radius 3 is 2.68 bits per heavy atom. The fourth-order valence-corrected chi connectivity index (χ4v) is 4.08. The molecule has 0 fully saturated rings. The summed E-state index contributed by atoms with van der Waals surface area (Å²) in [4.78, 5) is 11.7. The zero-order valence-corrected chi connectivity index (χ0v) is 18.4. The minimum Gasteiger partial charge on any atom is -0.502 e. The third kappa shape index (κ3) is 4.56. The Labute approximate surface area is 191 Å². The maximum Gasteiger partial charge on any atom is 0.226 e. The average Bonchev–Trinajstić information content (AvgIpc) is 3.18. The molecule has 1 N–H and O–H groups in total. The number of hydrogen-bond donors (Lipinski definition) is 1. The Kier molecular flexibility index (Phi) is 6.22. The molecule has 0 radical (unpaired) electrons. The highest BCUT2D eigenvalue weighted by atomic mass is 35.5. The third-order valence-electron chi connectivity index (χ3n) is 4.31. The molecule has 0 bridgehead atoms. The summed E-state index contributed by atoms with van der Waals surface area (Å²) in [6.07, 6.45) is 1.01. The van der Waals surface area contributed by atoms with E-state index in [9.17, 15) is 9.90 Å². The number of nitrogens with zero attached hydrogens (tertiary/aromatic N) is 3. The topological polar surface area (TPSA) is 90.4 Å². The number of halogens is 2. The van der Waals surface area contributed by atoms with Crippen LogP contribution >= 0.6 is 35.0 Å². The molecule has 4 aromatic rings. The van der Waals surface area contributed by atoms with Gasteiger partial charge in [-0.3, -0.25) is 9.36 Å². The number of rotatable bonds is 6. The molecular weight excluding hydrogens is 461 g/mol. The lowest BCUT2D eigenvalue weighted by Crippen LogP contribution is -2.03. The molecule has 7 nitrogen and oxygen atoms in total. The molecule has 4 rings (SSSR count). The number of methoxy groups -OCH3 is 1. The summed E-state index contributed by atoms with van der Waals surface area (Å²) in [5.74, 6) is 1.34. The molecule has 0 amide bonds. The molecule has 2 heterocycles. The van der Waals surface area contributed by atoms with Crippen molar-refractivity contribution in [3.05, 3.63) is 80.8 Å². The van der Waals surface area contributed by atoms with E-state index in [2.05, 4.69) is 10.2 Å². The van der Waals surface area contributed by atoms with Gasteiger partial charge >= 0.3 is 0 Å². The van der Waals surface area contributed by atoms with Gasteiger partial charge in [0.05, 0.1) is 18.6 Å². The SMILES string of the molecule is COc1ccc(Cl)cc1-n1c(SCc2cc(=O)c(O)co2)nnc1-c1cccc(Cl)c1. The fraction of sp³-hybridized carbons (Fsp3) is 0.0952. The molecule has 0 saturated heterocycles. The molecule has 0 aliphatic carbocycles. The van der Waals surface area contributed by atoms with Crippen molar-refractivity contribution in [1.82, 2.24) is 14.8 Å². The van der Waals surface area contributed by atoms with Crippen LogP contribution in [0.2, 0.25) is 10.0 Å². The smallest absolute Gasteiger partial charge is 0.226 e. The number of thioether (sulfide) groups is 1. The Morgan fingerprint density at radius 1 is 1.13 bits per heavy atom. The van der Waals surface area contributed by atoms with Crippen LogP contribution in [0.3, 0.4) is 0 Å². The second kappa shape index (κ2) is 9.05. The van der Waals surface area contributed by atoms with Gasteiger partial charge in [-0.1, -0.05) is 47.1 Å². The van der Waals surface area contributed by atoms with Gasteiger partial charge in [-0.2, -0.15) is 0 Å². The molecule has 2 aromatic carbocycles. The normalized spacial score (nSPS) is 10.9. The van der Waals surface area contributed by atoms with Crippen molar-refractivity contribution in [1.29, 1.82) is 0 Å². The van der Waals surface area contributed by atoms with Gasteiger partial charge in [0.15, 0.2) is 16.7 Å². The number of hydrogen-bond acceptors (Lipinski definition) is 7. The van der Waals surface area contributed by atoms with Crippen molar-refractivity contribution < 1.29 is 14.3 Å². The first-order valence-corrected chi connectivity index (χ1v) is 10.7. The zero-order valence-electron chi connectivity index (χ0n) is 16.1. The predicted octanol–water partition coefficient (Wildman–Crippen LogP) is 5.20. The quantitative estimate of drug-likeness (QED) is 0.383. The maximum atomic E-state index is 11.7. The van der Waals surface area contributed by atoms with Crippen LogP contribution in [0.4, 0.5) is 0 Å². The highest BCUT2D eigenvalue weighted by Gasteiger charge is 2.20. The first kappa shape index (κ1) is 21.3. The first-order chi connectivity index (χ1) is 15.0. The van der Waals surface area contributed by atoms with Gasteiger partial charge < -0.3 is 14.3 Å². The van der Waals surface area contributed by atoms with E-state index in [1.165, 1.54) is 17.8 Å². The Morgan fingerprint density at radius 2 is 1.94 bits per heavy atom. The number of benzene rings is 2. The van der Waals surface area contributed by atoms with Crippen LogP contribution in [0.5, 0.6) is 11.5 Å². The van der Waals surface area contributed by atoms with Crippen LogP contribution in [-0.2, 0) is 5.75 Å². The van der Waals surface area contributed by atoms with E-state index in [1.807, 2.05) is 12.1 Å². The number of aromatic nitrogens is 3. The van der Waals surface area contributed by atoms with E-state index >= 15 is 0 Å². The zero-order chi connectivity index (χ0) is 22.0. The van der Waals surface area contributed by atoms with Gasteiger partial charge in [0.2, 0.25) is 5.43 Å². The van der Waals surface area contributed by atoms with Crippen molar-refractivity contribution in [2.45, 2.75) is 10.9 Å². The van der Waals surface area contributed by atoms with Crippen molar-refractivity contribution in [2.75, 3.05) is 7.11 Å². The van der Waals surface area contributed by atoms with Crippen molar-refractivity contribution in [2.24, 2.45) is 0 Å². The average molecular weight is 476 g/mol. The Bertz CT molecular complexity index is 1310. The summed E-state index contributed by atoms with van der Waals surface area (Å²) in [6.45, 7) is 0. The molecule has 0 saturated carbocycles. The van der Waals surface area contributed by atoms with E-state index in [1.54, 1.807) is 42.0 Å². The van der Waals surface area contributed by atoms with Crippen LogP contribution in [0, 0.1) is 0 Å². The number of aromatic hydroxyl groups is 1. The standard InChI is InChI=1S/C21H15Cl2N3O4S/c1-29-19-6-5-14(23)8-16(19)26-20(12-3-2-4-13(22)7-12)24-25-21(26)31-11-15-9-17(27)18(28)10-30-15/h2-10,28H,11H2,1H3. The summed E-state index contributed by atoms with van der Waals surface area (Å²) in [5, 5.41) is 19.7. The summed E-state index contributed by atoms with van der Waals surface area (Å²) in [7, 11) is 1.56. The molecule has 0 spiro atoms. The van der Waals surface area contributed by atoms with Gasteiger partial charge in [0.25, 0.3) is 0 Å². The summed E-state index contributed by atoms with van der Waals surface area (Å²) in [5.41, 5.74) is 0.883. The van der Waals surface area contributed by atoms with E-state index in [0.29, 0.717) is 38.2 Å². The molecule has 10 heteroatoms. The summed E-state index contributed by atoms with van der Waals surface area (Å²) < 4.78 is 12.6. The largest absolute Gasteiger partial charge is 0.502 e. The molecule has 0 aliphatic rings. The Balaban J connectivity index is 1.81. The van der Waals surface area contributed by atoms with Crippen LogP contribution < -0.4 is 10.2 Å². The molecular formula is C21H15Cl2N3O4S. The summed E-state index contributed by atoms with van der Waals surface area (Å²) in [6, 6.07) is 13.7. The van der Waals surface area contributed by atoms with Gasteiger partial charge in [0.1, 0.15) is 17.8 Å². The van der Waals surface area contributed by atoms with Gasteiger partial charge in [-0.25, -0.2) is 0 Å². The van der Waals surface area contributed by atoms with Crippen LogP contribution in [0.15, 0.2) is 69.2 Å². The van der Waals surface area contributed by atoms with Crippen LogP contribution in [-0.4, -0.2) is 27.0 Å². The first-order valence-electron chi connectivity index (χ1n) is 8.95. The molecule has 0 atom stereocenters. The second-order valence-electron chi connectivity index (χ2n) is 6.35. The molecule has 158 valence electrons. The minimum absolute atomic E-state index is 0.284. The van der Waals surface area contributed by atoms with Crippen LogP contribution in [0.1, 0.15) is 5.76 Å². The van der Waals surface area contributed by atoms with Gasteiger partial charge in [0, 0.05) is 21.7 Å². The lowest BCUT2D eigenvalue weighted by molar-refractivity contribution is 0.412. The Hall–Kier alpha value is -2.94. The molecule has 0 aliphatic heterocycles. The molecule has 2 aromatic heterocycles. The fourth-order valence-electron chi connectivity index (χ4n) is 2.89. The maximum absolute atomic E-state index is 11.7. The van der Waals surface area contributed by atoms with Crippen molar-refractivity contribution in [3.63, 3.8) is 0 Å². The molecule has 0 unspecified atom stereocenters. The highest BCUT2D eigenvalue weighted by Crippen LogP contribution is 2.35. The van der Waals surface area contributed by atoms with E-state index in [-0.39, 0.29) is 5.75 Å². The van der Waals surface area contributed by atoms with Gasteiger partial charge in [-0.15, -0.1) is 10.2 Å². The number of ether oxygens (including phenoxy) is 1. The predicted molar refractivity (Wildman–Crippen MR) is 120 cm³/mol. The van der Waals surface area contributed by atoms with Crippen molar-refractivity contribution in [3.8, 4) is 28.6 Å².